The number of hydrogen-bond acceptors (Lipinski definition) is 4. The molecule has 5 nitrogen and oxygen atoms in total. The molecule has 0 fully saturated rings. The summed E-state index contributed by atoms with van der Waals surface area (Å²) < 4.78 is 23.6. The molecule has 1 aromatic rings. The van der Waals surface area contributed by atoms with E-state index in [1.54, 1.807) is 33.2 Å². The molecule has 0 heterocycles. The molecule has 1 rings (SSSR count). The molecule has 0 bridgehead atoms. The van der Waals surface area contributed by atoms with Gasteiger partial charge < -0.3 is 5.73 Å². The van der Waals surface area contributed by atoms with Crippen molar-refractivity contribution in [1.82, 2.24) is 9.84 Å². The fraction of sp³-hybridized carbons (Fsp3) is 0.333. The Balaban J connectivity index is 3.22. The van der Waals surface area contributed by atoms with E-state index in [2.05, 4.69) is 4.83 Å². The molecule has 0 saturated heterocycles. The second kappa shape index (κ2) is 4.18. The fourth-order valence-electron chi connectivity index (χ4n) is 1.21. The predicted octanol–water partition coefficient (Wildman–Crippen LogP) is 0.332. The molecule has 0 spiro atoms. The van der Waals surface area contributed by atoms with Gasteiger partial charge in [0.2, 0.25) is 0 Å². The van der Waals surface area contributed by atoms with Crippen LogP contribution in [0.4, 0.5) is 5.69 Å². The van der Waals surface area contributed by atoms with Crippen molar-refractivity contribution in [3.63, 3.8) is 0 Å². The van der Waals surface area contributed by atoms with Crippen LogP contribution in [0, 0.1) is 6.92 Å². The zero-order valence-corrected chi connectivity index (χ0v) is 9.80. The summed E-state index contributed by atoms with van der Waals surface area (Å²) in [6.45, 7) is 1.68. The van der Waals surface area contributed by atoms with Gasteiger partial charge in [-0.25, -0.2) is 13.4 Å². The Morgan fingerprint density at radius 1 is 1.33 bits per heavy atom. The van der Waals surface area contributed by atoms with E-state index in [1.165, 1.54) is 11.1 Å². The first kappa shape index (κ1) is 12.0. The van der Waals surface area contributed by atoms with E-state index in [-0.39, 0.29) is 4.90 Å². The Bertz CT molecular complexity index is 454. The van der Waals surface area contributed by atoms with Gasteiger partial charge in [0.25, 0.3) is 10.0 Å². The molecule has 0 aliphatic heterocycles. The van der Waals surface area contributed by atoms with Gasteiger partial charge >= 0.3 is 0 Å². The summed E-state index contributed by atoms with van der Waals surface area (Å²) in [5.41, 5.74) is 6.67. The van der Waals surface area contributed by atoms with Gasteiger partial charge in [-0.2, -0.15) is 0 Å². The smallest absolute Gasteiger partial charge is 0.253 e. The number of rotatable bonds is 3. The number of nitrogen functional groups attached to an aromatic ring is 1. The first-order valence-electron chi connectivity index (χ1n) is 4.39. The van der Waals surface area contributed by atoms with Crippen LogP contribution in [0.3, 0.4) is 0 Å². The van der Waals surface area contributed by atoms with E-state index >= 15 is 0 Å². The molecular weight excluding hydrogens is 214 g/mol. The van der Waals surface area contributed by atoms with Crippen molar-refractivity contribution in [1.29, 1.82) is 0 Å². The van der Waals surface area contributed by atoms with E-state index in [1.807, 2.05) is 0 Å². The highest BCUT2D eigenvalue weighted by atomic mass is 32.2. The van der Waals surface area contributed by atoms with E-state index in [0.717, 1.165) is 0 Å². The average Bonchev–Trinajstić information content (AvgIpc) is 2.07. The Morgan fingerprint density at radius 3 is 2.47 bits per heavy atom. The lowest BCUT2D eigenvalue weighted by Gasteiger charge is -2.14. The van der Waals surface area contributed by atoms with E-state index in [0.29, 0.717) is 11.3 Å². The molecule has 84 valence electrons. The van der Waals surface area contributed by atoms with Gasteiger partial charge in [0.05, 0.1) is 4.90 Å². The predicted molar refractivity (Wildman–Crippen MR) is 59.6 cm³/mol. The van der Waals surface area contributed by atoms with Crippen LogP contribution in [0.15, 0.2) is 23.1 Å². The van der Waals surface area contributed by atoms with Gasteiger partial charge in [0, 0.05) is 19.8 Å². The largest absolute Gasteiger partial charge is 0.398 e. The van der Waals surface area contributed by atoms with E-state index < -0.39 is 10.0 Å². The van der Waals surface area contributed by atoms with Gasteiger partial charge in [0.15, 0.2) is 0 Å². The Morgan fingerprint density at radius 2 is 1.93 bits per heavy atom. The Hall–Kier alpha value is -1.11. The summed E-state index contributed by atoms with van der Waals surface area (Å²) in [7, 11) is -0.296. The Labute approximate surface area is 89.9 Å². The molecule has 3 N–H and O–H groups in total. The molecule has 1 aromatic carbocycles. The van der Waals surface area contributed by atoms with Crippen LogP contribution in [0.2, 0.25) is 0 Å². The van der Waals surface area contributed by atoms with Crippen molar-refractivity contribution in [2.24, 2.45) is 0 Å². The summed E-state index contributed by atoms with van der Waals surface area (Å²) in [6.07, 6.45) is 0. The van der Waals surface area contributed by atoms with Gasteiger partial charge in [0.1, 0.15) is 0 Å². The highest BCUT2D eigenvalue weighted by molar-refractivity contribution is 7.89. The second-order valence-corrected chi connectivity index (χ2v) is 5.09. The number of nitrogens with two attached hydrogens (primary N) is 1. The number of hydrogen-bond donors (Lipinski definition) is 2. The minimum absolute atomic E-state index is 0.205. The van der Waals surface area contributed by atoms with E-state index in [4.69, 9.17) is 5.73 Å². The molecule has 0 aromatic heterocycles. The highest BCUT2D eigenvalue weighted by Crippen LogP contribution is 2.19. The highest BCUT2D eigenvalue weighted by Gasteiger charge is 2.17. The van der Waals surface area contributed by atoms with Gasteiger partial charge in [-0.1, -0.05) is 6.07 Å². The topological polar surface area (TPSA) is 75.4 Å². The maximum atomic E-state index is 11.8. The third-order valence-corrected chi connectivity index (χ3v) is 3.55. The molecular formula is C9H15N3O2S. The third-order valence-electron chi connectivity index (χ3n) is 1.92. The number of sulfonamides is 1. The van der Waals surface area contributed by atoms with Gasteiger partial charge in [-0.3, -0.25) is 0 Å². The summed E-state index contributed by atoms with van der Waals surface area (Å²) >= 11 is 0. The van der Waals surface area contributed by atoms with Crippen LogP contribution in [0.25, 0.3) is 0 Å². The number of anilines is 1. The quantitative estimate of drug-likeness (QED) is 0.578. The van der Waals surface area contributed by atoms with Crippen molar-refractivity contribution in [3.05, 3.63) is 23.8 Å². The lowest BCUT2D eigenvalue weighted by atomic mass is 10.2. The van der Waals surface area contributed by atoms with Crippen LogP contribution in [0.1, 0.15) is 5.56 Å². The van der Waals surface area contributed by atoms with Crippen LogP contribution >= 0.6 is 0 Å². The minimum Gasteiger partial charge on any atom is -0.398 e. The normalized spacial score (nSPS) is 12.0. The number of hydrazine groups is 1. The van der Waals surface area contributed by atoms with Gasteiger partial charge in [-0.15, -0.1) is 4.83 Å². The lowest BCUT2D eigenvalue weighted by molar-refractivity contribution is 0.364. The van der Waals surface area contributed by atoms with Crippen molar-refractivity contribution < 1.29 is 8.42 Å². The van der Waals surface area contributed by atoms with Crippen LogP contribution in [-0.4, -0.2) is 27.5 Å². The molecule has 0 aliphatic rings. The summed E-state index contributed by atoms with van der Waals surface area (Å²) in [5.74, 6) is 0. The van der Waals surface area contributed by atoms with Crippen LogP contribution < -0.4 is 10.6 Å². The van der Waals surface area contributed by atoms with E-state index in [9.17, 15) is 8.42 Å². The first-order chi connectivity index (χ1) is 6.84. The molecule has 0 aliphatic carbocycles. The zero-order chi connectivity index (χ0) is 11.6. The lowest BCUT2D eigenvalue weighted by Crippen LogP contribution is -2.36. The summed E-state index contributed by atoms with van der Waals surface area (Å²) in [6, 6.07) is 4.81. The van der Waals surface area contributed by atoms with Crippen molar-refractivity contribution in [2.75, 3.05) is 19.8 Å². The summed E-state index contributed by atoms with van der Waals surface area (Å²) in [5, 5.41) is 1.37. The maximum Gasteiger partial charge on any atom is 0.253 e. The van der Waals surface area contributed by atoms with Crippen LogP contribution in [0.5, 0.6) is 0 Å². The van der Waals surface area contributed by atoms with Crippen molar-refractivity contribution in [3.8, 4) is 0 Å². The standard InChI is InChI=1S/C9H15N3O2S/c1-7-8(10)5-4-6-9(7)15(13,14)11-12(2)3/h4-6,11H,10H2,1-3H3. The molecule has 15 heavy (non-hydrogen) atoms. The molecule has 0 atom stereocenters. The van der Waals surface area contributed by atoms with Crippen LogP contribution in [-0.2, 0) is 10.0 Å². The second-order valence-electron chi connectivity index (χ2n) is 3.46. The molecule has 0 amide bonds. The molecule has 0 saturated carbocycles. The number of nitrogens with one attached hydrogen (secondary N) is 1. The molecule has 0 unspecified atom stereocenters. The maximum absolute atomic E-state index is 11.8. The monoisotopic (exact) mass is 229 g/mol. The van der Waals surface area contributed by atoms with Crippen molar-refractivity contribution in [2.45, 2.75) is 11.8 Å². The molecule has 6 heteroatoms. The fourth-order valence-corrected chi connectivity index (χ4v) is 2.57. The SMILES string of the molecule is Cc1c(N)cccc1S(=O)(=O)NN(C)C. The zero-order valence-electron chi connectivity index (χ0n) is 8.98. The molecule has 0 radical (unpaired) electrons. The van der Waals surface area contributed by atoms with Crippen molar-refractivity contribution >= 4 is 15.7 Å². The van der Waals surface area contributed by atoms with Gasteiger partial charge in [-0.05, 0) is 24.6 Å². The number of benzene rings is 1. The number of nitrogens with zero attached hydrogens (tertiary/aromatic N) is 1. The summed E-state index contributed by atoms with van der Waals surface area (Å²) in [4.78, 5) is 2.56. The minimum atomic E-state index is -3.52. The first-order valence-corrected chi connectivity index (χ1v) is 5.88. The average molecular weight is 229 g/mol. The Kier molecular flexibility index (Phi) is 3.33. The third kappa shape index (κ3) is 2.68.